The van der Waals surface area contributed by atoms with Gasteiger partial charge in [0.05, 0.1) is 0 Å². The van der Waals surface area contributed by atoms with Crippen LogP contribution >= 0.6 is 23.1 Å². The predicted molar refractivity (Wildman–Crippen MR) is 74.5 cm³/mol. The molecule has 1 N–H and O–H groups in total. The number of aromatic nitrogens is 1. The average Bonchev–Trinajstić information content (AvgIpc) is 2.65. The molecule has 1 rings (SSSR count). The highest BCUT2D eigenvalue weighted by Crippen LogP contribution is 2.26. The van der Waals surface area contributed by atoms with Crippen molar-refractivity contribution in [3.8, 4) is 0 Å². The normalized spacial score (nSPS) is 13.3. The third-order valence-electron chi connectivity index (χ3n) is 2.58. The Hall–Kier alpha value is -0.0600. The second-order valence-electron chi connectivity index (χ2n) is 4.10. The fourth-order valence-electron chi connectivity index (χ4n) is 1.51. The molecule has 1 aromatic rings. The monoisotopic (exact) mass is 258 g/mol. The Morgan fingerprint density at radius 3 is 2.62 bits per heavy atom. The minimum Gasteiger partial charge on any atom is -0.313 e. The summed E-state index contributed by atoms with van der Waals surface area (Å²) in [7, 11) is 0. The largest absolute Gasteiger partial charge is 0.313 e. The molecule has 0 fully saturated rings. The molecule has 0 amide bonds. The van der Waals surface area contributed by atoms with Gasteiger partial charge < -0.3 is 5.32 Å². The van der Waals surface area contributed by atoms with Crippen LogP contribution in [0, 0.1) is 6.92 Å². The molecule has 0 saturated carbocycles. The van der Waals surface area contributed by atoms with Crippen LogP contribution in [-0.4, -0.2) is 22.8 Å². The molecule has 16 heavy (non-hydrogen) atoms. The van der Waals surface area contributed by atoms with Gasteiger partial charge in [-0.15, -0.1) is 11.3 Å². The SMILES string of the molecule is CCC(CC)NCC(C)Sc1nc(C)cs1. The molecule has 0 spiro atoms. The molecule has 0 aliphatic heterocycles. The number of rotatable bonds is 7. The molecule has 0 radical (unpaired) electrons. The quantitative estimate of drug-likeness (QED) is 0.755. The lowest BCUT2D eigenvalue weighted by Crippen LogP contribution is -2.32. The van der Waals surface area contributed by atoms with Gasteiger partial charge in [-0.2, -0.15) is 0 Å². The first-order valence-corrected chi connectivity index (χ1v) is 7.73. The first kappa shape index (κ1) is 14.0. The van der Waals surface area contributed by atoms with Crippen LogP contribution in [0.25, 0.3) is 0 Å². The van der Waals surface area contributed by atoms with Crippen molar-refractivity contribution in [3.63, 3.8) is 0 Å². The van der Waals surface area contributed by atoms with E-state index in [9.17, 15) is 0 Å². The van der Waals surface area contributed by atoms with Gasteiger partial charge in [-0.25, -0.2) is 4.98 Å². The van der Waals surface area contributed by atoms with E-state index in [4.69, 9.17) is 0 Å². The first-order valence-electron chi connectivity index (χ1n) is 5.97. The Kier molecular flexibility index (Phi) is 6.39. The zero-order valence-electron chi connectivity index (χ0n) is 10.6. The third kappa shape index (κ3) is 4.85. The van der Waals surface area contributed by atoms with E-state index in [-0.39, 0.29) is 0 Å². The number of hydrogen-bond donors (Lipinski definition) is 1. The van der Waals surface area contributed by atoms with Crippen molar-refractivity contribution in [1.29, 1.82) is 0 Å². The van der Waals surface area contributed by atoms with Crippen molar-refractivity contribution >= 4 is 23.1 Å². The minimum absolute atomic E-state index is 0.589. The summed E-state index contributed by atoms with van der Waals surface area (Å²) in [6.45, 7) is 9.85. The second kappa shape index (κ2) is 7.30. The second-order valence-corrected chi connectivity index (χ2v) is 6.65. The summed E-state index contributed by atoms with van der Waals surface area (Å²) in [5.74, 6) is 0. The van der Waals surface area contributed by atoms with Crippen LogP contribution in [0.2, 0.25) is 0 Å². The lowest BCUT2D eigenvalue weighted by atomic mass is 10.2. The maximum absolute atomic E-state index is 4.47. The molecular weight excluding hydrogens is 236 g/mol. The Morgan fingerprint density at radius 1 is 1.44 bits per heavy atom. The van der Waals surface area contributed by atoms with Crippen LogP contribution < -0.4 is 5.32 Å². The van der Waals surface area contributed by atoms with Crippen molar-refractivity contribution in [3.05, 3.63) is 11.1 Å². The van der Waals surface area contributed by atoms with Gasteiger partial charge in [-0.05, 0) is 19.8 Å². The first-order chi connectivity index (χ1) is 7.65. The highest BCUT2D eigenvalue weighted by Gasteiger charge is 2.09. The predicted octanol–water partition coefficient (Wildman–Crippen LogP) is 3.71. The fourth-order valence-corrected chi connectivity index (χ4v) is 3.61. The Morgan fingerprint density at radius 2 is 2.12 bits per heavy atom. The minimum atomic E-state index is 0.589. The highest BCUT2D eigenvalue weighted by molar-refractivity contribution is 8.01. The third-order valence-corrected chi connectivity index (χ3v) is 4.77. The standard InChI is InChI=1S/C12H22N2S2/c1-5-11(6-2)13-7-10(4)16-12-14-9(3)8-15-12/h8,10-11,13H,5-7H2,1-4H3. The lowest BCUT2D eigenvalue weighted by Gasteiger charge is -2.17. The van der Waals surface area contributed by atoms with Crippen molar-refractivity contribution < 1.29 is 0 Å². The van der Waals surface area contributed by atoms with E-state index in [0.29, 0.717) is 11.3 Å². The fraction of sp³-hybridized carbons (Fsp3) is 0.750. The van der Waals surface area contributed by atoms with Crippen LogP contribution in [0.4, 0.5) is 0 Å². The van der Waals surface area contributed by atoms with Crippen molar-refractivity contribution in [2.75, 3.05) is 6.54 Å². The van der Waals surface area contributed by atoms with Crippen LogP contribution in [-0.2, 0) is 0 Å². The van der Waals surface area contributed by atoms with Crippen LogP contribution in [0.1, 0.15) is 39.3 Å². The van der Waals surface area contributed by atoms with Crippen molar-refractivity contribution in [2.24, 2.45) is 0 Å². The molecule has 4 heteroatoms. The summed E-state index contributed by atoms with van der Waals surface area (Å²) >= 11 is 3.62. The van der Waals surface area contributed by atoms with E-state index < -0.39 is 0 Å². The van der Waals surface area contributed by atoms with Gasteiger partial charge >= 0.3 is 0 Å². The highest BCUT2D eigenvalue weighted by atomic mass is 32.2. The summed E-state index contributed by atoms with van der Waals surface area (Å²) < 4.78 is 1.19. The summed E-state index contributed by atoms with van der Waals surface area (Å²) in [5, 5.41) is 6.31. The molecule has 0 aliphatic carbocycles. The topological polar surface area (TPSA) is 24.9 Å². The van der Waals surface area contributed by atoms with Crippen molar-refractivity contribution in [2.45, 2.75) is 56.2 Å². The summed E-state index contributed by atoms with van der Waals surface area (Å²) in [4.78, 5) is 4.47. The summed E-state index contributed by atoms with van der Waals surface area (Å²) in [6.07, 6.45) is 2.43. The molecule has 1 aromatic heterocycles. The van der Waals surface area contributed by atoms with Gasteiger partial charge in [-0.3, -0.25) is 0 Å². The average molecular weight is 258 g/mol. The van der Waals surface area contributed by atoms with E-state index in [1.54, 1.807) is 11.3 Å². The summed E-state index contributed by atoms with van der Waals surface area (Å²) in [5.41, 5.74) is 1.13. The number of aryl methyl sites for hydroxylation is 1. The van der Waals surface area contributed by atoms with Crippen LogP contribution in [0.15, 0.2) is 9.72 Å². The van der Waals surface area contributed by atoms with E-state index in [1.165, 1.54) is 17.2 Å². The molecule has 0 bridgehead atoms. The Labute approximate surface area is 107 Å². The van der Waals surface area contributed by atoms with Gasteiger partial charge in [-0.1, -0.05) is 32.5 Å². The van der Waals surface area contributed by atoms with Crippen LogP contribution in [0.5, 0.6) is 0 Å². The number of thioether (sulfide) groups is 1. The molecule has 1 heterocycles. The number of nitrogens with zero attached hydrogens (tertiary/aromatic N) is 1. The molecule has 92 valence electrons. The molecule has 2 nitrogen and oxygen atoms in total. The maximum atomic E-state index is 4.47. The van der Waals surface area contributed by atoms with E-state index >= 15 is 0 Å². The molecule has 0 aliphatic rings. The van der Waals surface area contributed by atoms with E-state index in [1.807, 2.05) is 18.7 Å². The number of nitrogens with one attached hydrogen (secondary N) is 1. The Bertz CT molecular complexity index is 295. The Balaban J connectivity index is 2.27. The summed E-state index contributed by atoms with van der Waals surface area (Å²) in [6, 6.07) is 0.668. The smallest absolute Gasteiger partial charge is 0.150 e. The molecule has 1 unspecified atom stereocenters. The number of thiazole rings is 1. The lowest BCUT2D eigenvalue weighted by molar-refractivity contribution is 0.488. The zero-order valence-corrected chi connectivity index (χ0v) is 12.3. The molecule has 0 saturated heterocycles. The molecular formula is C12H22N2S2. The van der Waals surface area contributed by atoms with Crippen LogP contribution in [0.3, 0.4) is 0 Å². The van der Waals surface area contributed by atoms with Gasteiger partial charge in [0.2, 0.25) is 0 Å². The maximum Gasteiger partial charge on any atom is 0.150 e. The van der Waals surface area contributed by atoms with E-state index in [2.05, 4.69) is 36.5 Å². The van der Waals surface area contributed by atoms with Gasteiger partial charge in [0.1, 0.15) is 4.34 Å². The molecule has 1 atom stereocenters. The van der Waals surface area contributed by atoms with Gasteiger partial charge in [0, 0.05) is 28.9 Å². The van der Waals surface area contributed by atoms with Gasteiger partial charge in [0.15, 0.2) is 0 Å². The number of hydrogen-bond acceptors (Lipinski definition) is 4. The van der Waals surface area contributed by atoms with Crippen molar-refractivity contribution in [1.82, 2.24) is 10.3 Å². The zero-order chi connectivity index (χ0) is 12.0. The van der Waals surface area contributed by atoms with Gasteiger partial charge in [0.25, 0.3) is 0 Å². The molecule has 0 aromatic carbocycles. The van der Waals surface area contributed by atoms with E-state index in [0.717, 1.165) is 12.2 Å².